The Balaban J connectivity index is 2.20. The lowest BCUT2D eigenvalue weighted by atomic mass is 10.1. The van der Waals surface area contributed by atoms with Gasteiger partial charge in [0.05, 0.1) is 25.6 Å². The first-order valence-corrected chi connectivity index (χ1v) is 9.23. The maximum Gasteiger partial charge on any atom is 0.161 e. The third-order valence-electron chi connectivity index (χ3n) is 4.92. The molecule has 5 heteroatoms. The smallest absolute Gasteiger partial charge is 0.161 e. The van der Waals surface area contributed by atoms with Gasteiger partial charge in [-0.25, -0.2) is 9.98 Å². The van der Waals surface area contributed by atoms with Crippen LogP contribution < -0.4 is 15.0 Å². The highest BCUT2D eigenvalue weighted by Crippen LogP contribution is 2.31. The van der Waals surface area contributed by atoms with Crippen LogP contribution in [0.4, 0.5) is 5.69 Å². The molecule has 1 aromatic heterocycles. The molecule has 0 aliphatic rings. The third kappa shape index (κ3) is 3.79. The van der Waals surface area contributed by atoms with Crippen LogP contribution in [0.3, 0.4) is 0 Å². The summed E-state index contributed by atoms with van der Waals surface area (Å²) in [6.07, 6.45) is 0. The summed E-state index contributed by atoms with van der Waals surface area (Å²) in [6.45, 7) is 8.29. The van der Waals surface area contributed by atoms with Crippen LogP contribution in [-0.4, -0.2) is 23.8 Å². The van der Waals surface area contributed by atoms with E-state index in [4.69, 9.17) is 19.5 Å². The highest BCUT2D eigenvalue weighted by Gasteiger charge is 2.10. The van der Waals surface area contributed by atoms with E-state index in [-0.39, 0.29) is 0 Å². The molecule has 0 bridgehead atoms. The van der Waals surface area contributed by atoms with Crippen molar-refractivity contribution in [2.75, 3.05) is 14.2 Å². The number of rotatable bonds is 4. The van der Waals surface area contributed by atoms with Crippen molar-refractivity contribution >= 4 is 5.69 Å². The molecule has 2 aromatic carbocycles. The van der Waals surface area contributed by atoms with Crippen molar-refractivity contribution in [2.24, 2.45) is 12.0 Å². The minimum Gasteiger partial charge on any atom is -0.493 e. The van der Waals surface area contributed by atoms with Crippen LogP contribution in [0, 0.1) is 27.7 Å². The molecular weight excluding hydrogens is 350 g/mol. The number of benzene rings is 2. The van der Waals surface area contributed by atoms with Crippen LogP contribution in [0.2, 0.25) is 0 Å². The van der Waals surface area contributed by atoms with Crippen molar-refractivity contribution in [1.82, 2.24) is 9.55 Å². The SMILES string of the molecule is COc1ccc(-c2cc(=Nc3c(C)cc(C)cc3C)n(C)c(C)n2)cc1OC. The number of ether oxygens (including phenoxy) is 2. The molecule has 1 heterocycles. The molecule has 0 unspecified atom stereocenters. The van der Waals surface area contributed by atoms with Gasteiger partial charge in [-0.2, -0.15) is 0 Å². The Bertz CT molecular complexity index is 1070. The number of methoxy groups -OCH3 is 2. The predicted molar refractivity (Wildman–Crippen MR) is 112 cm³/mol. The quantitative estimate of drug-likeness (QED) is 0.669. The summed E-state index contributed by atoms with van der Waals surface area (Å²) in [5, 5.41) is 0. The second-order valence-electron chi connectivity index (χ2n) is 7.03. The van der Waals surface area contributed by atoms with Crippen molar-refractivity contribution < 1.29 is 9.47 Å². The van der Waals surface area contributed by atoms with E-state index in [0.29, 0.717) is 11.5 Å². The van der Waals surface area contributed by atoms with Gasteiger partial charge in [-0.1, -0.05) is 17.7 Å². The third-order valence-corrected chi connectivity index (χ3v) is 4.92. The lowest BCUT2D eigenvalue weighted by molar-refractivity contribution is 0.355. The molecule has 3 aromatic rings. The van der Waals surface area contributed by atoms with Gasteiger partial charge >= 0.3 is 0 Å². The monoisotopic (exact) mass is 377 g/mol. The maximum atomic E-state index is 5.44. The Morgan fingerprint density at radius 2 is 1.50 bits per heavy atom. The van der Waals surface area contributed by atoms with E-state index in [1.54, 1.807) is 14.2 Å². The highest BCUT2D eigenvalue weighted by molar-refractivity contribution is 5.64. The lowest BCUT2D eigenvalue weighted by Crippen LogP contribution is -2.21. The Kier molecular flexibility index (Phi) is 5.54. The molecule has 0 aliphatic carbocycles. The van der Waals surface area contributed by atoms with Crippen molar-refractivity contribution in [1.29, 1.82) is 0 Å². The molecule has 0 saturated carbocycles. The van der Waals surface area contributed by atoms with Crippen molar-refractivity contribution in [3.63, 3.8) is 0 Å². The fourth-order valence-corrected chi connectivity index (χ4v) is 3.38. The van der Waals surface area contributed by atoms with Gasteiger partial charge in [0, 0.05) is 18.7 Å². The van der Waals surface area contributed by atoms with E-state index in [0.717, 1.165) is 28.3 Å². The maximum absolute atomic E-state index is 5.44. The molecule has 5 nitrogen and oxygen atoms in total. The van der Waals surface area contributed by atoms with E-state index in [1.165, 1.54) is 16.7 Å². The van der Waals surface area contributed by atoms with Crippen molar-refractivity contribution in [3.8, 4) is 22.8 Å². The number of hydrogen-bond donors (Lipinski definition) is 0. The van der Waals surface area contributed by atoms with Crippen molar-refractivity contribution in [2.45, 2.75) is 27.7 Å². The van der Waals surface area contributed by atoms with Gasteiger partial charge in [0.1, 0.15) is 11.3 Å². The zero-order valence-corrected chi connectivity index (χ0v) is 17.6. The van der Waals surface area contributed by atoms with E-state index in [1.807, 2.05) is 42.8 Å². The van der Waals surface area contributed by atoms with Gasteiger partial charge in [0.15, 0.2) is 11.5 Å². The molecule has 0 fully saturated rings. The van der Waals surface area contributed by atoms with Crippen LogP contribution in [0.25, 0.3) is 11.3 Å². The second kappa shape index (κ2) is 7.89. The first-order chi connectivity index (χ1) is 13.3. The average Bonchev–Trinajstić information content (AvgIpc) is 2.66. The van der Waals surface area contributed by atoms with E-state index in [2.05, 4.69) is 32.9 Å². The summed E-state index contributed by atoms with van der Waals surface area (Å²) >= 11 is 0. The predicted octanol–water partition coefficient (Wildman–Crippen LogP) is 4.57. The number of aryl methyl sites for hydroxylation is 4. The van der Waals surface area contributed by atoms with Crippen LogP contribution >= 0.6 is 0 Å². The number of nitrogens with zero attached hydrogens (tertiary/aromatic N) is 3. The molecule has 0 radical (unpaired) electrons. The van der Waals surface area contributed by atoms with Gasteiger partial charge < -0.3 is 14.0 Å². The first-order valence-electron chi connectivity index (χ1n) is 9.23. The minimum atomic E-state index is 0.677. The summed E-state index contributed by atoms with van der Waals surface area (Å²) in [4.78, 5) is 9.71. The summed E-state index contributed by atoms with van der Waals surface area (Å²) in [5.74, 6) is 2.25. The molecule has 28 heavy (non-hydrogen) atoms. The molecule has 146 valence electrons. The number of aromatic nitrogens is 2. The van der Waals surface area contributed by atoms with Gasteiger partial charge in [0.25, 0.3) is 0 Å². The van der Waals surface area contributed by atoms with Gasteiger partial charge in [-0.3, -0.25) is 0 Å². The molecule has 0 atom stereocenters. The standard InChI is InChI=1S/C23H27N3O2/c1-14-10-15(2)23(16(3)11-14)25-22-13-19(24-17(4)26(22)5)18-8-9-20(27-6)21(12-18)28-7/h8-13H,1-7H3. The first kappa shape index (κ1) is 19.7. The van der Waals surface area contributed by atoms with Gasteiger partial charge in [-0.15, -0.1) is 0 Å². The number of hydrogen-bond acceptors (Lipinski definition) is 4. The van der Waals surface area contributed by atoms with E-state index < -0.39 is 0 Å². The zero-order valence-electron chi connectivity index (χ0n) is 17.6. The van der Waals surface area contributed by atoms with E-state index >= 15 is 0 Å². The molecule has 0 aliphatic heterocycles. The van der Waals surface area contributed by atoms with E-state index in [9.17, 15) is 0 Å². The van der Waals surface area contributed by atoms with Crippen molar-refractivity contribution in [3.05, 3.63) is 64.4 Å². The Morgan fingerprint density at radius 1 is 0.857 bits per heavy atom. The zero-order chi connectivity index (χ0) is 20.4. The van der Waals surface area contributed by atoms with Gasteiger partial charge in [-0.05, 0) is 57.0 Å². The molecule has 0 saturated heterocycles. The second-order valence-corrected chi connectivity index (χ2v) is 7.03. The van der Waals surface area contributed by atoms with Gasteiger partial charge in [0.2, 0.25) is 0 Å². The van der Waals surface area contributed by atoms with Crippen LogP contribution in [-0.2, 0) is 7.05 Å². The fourth-order valence-electron chi connectivity index (χ4n) is 3.38. The summed E-state index contributed by atoms with van der Waals surface area (Å²) in [6, 6.07) is 12.1. The molecule has 0 amide bonds. The summed E-state index contributed by atoms with van der Waals surface area (Å²) < 4.78 is 12.8. The summed E-state index contributed by atoms with van der Waals surface area (Å²) in [5.41, 5.74) is 7.24. The Hall–Kier alpha value is -3.08. The van der Waals surface area contributed by atoms with Crippen LogP contribution in [0.5, 0.6) is 11.5 Å². The average molecular weight is 377 g/mol. The minimum absolute atomic E-state index is 0.677. The highest BCUT2D eigenvalue weighted by atomic mass is 16.5. The normalized spacial score (nSPS) is 11.6. The Morgan fingerprint density at radius 3 is 2.11 bits per heavy atom. The molecule has 0 spiro atoms. The van der Waals surface area contributed by atoms with Crippen LogP contribution in [0.1, 0.15) is 22.5 Å². The fraction of sp³-hybridized carbons (Fsp3) is 0.304. The molecule has 3 rings (SSSR count). The van der Waals surface area contributed by atoms with Crippen LogP contribution in [0.15, 0.2) is 41.4 Å². The topological polar surface area (TPSA) is 48.6 Å². The molecular formula is C23H27N3O2. The largest absolute Gasteiger partial charge is 0.493 e. The lowest BCUT2D eigenvalue weighted by Gasteiger charge is -2.12. The Labute approximate surface area is 166 Å². The molecule has 0 N–H and O–H groups in total. The summed E-state index contributed by atoms with van der Waals surface area (Å²) in [7, 11) is 5.25.